The van der Waals surface area contributed by atoms with Gasteiger partial charge in [0.15, 0.2) is 0 Å². The van der Waals surface area contributed by atoms with E-state index >= 15 is 0 Å². The molecule has 0 aliphatic carbocycles. The van der Waals surface area contributed by atoms with Gasteiger partial charge in [-0.15, -0.1) is 0 Å². The third kappa shape index (κ3) is 5.36. The maximum absolute atomic E-state index is 9.47. The number of para-hydroxylation sites is 1. The molecular formula is C52H33NO2. The van der Waals surface area contributed by atoms with Crippen molar-refractivity contribution in [3.8, 4) is 33.4 Å². The molecule has 0 aliphatic heterocycles. The molecule has 11 rings (SSSR count). The highest BCUT2D eigenvalue weighted by atomic mass is 16.3. The molecule has 55 heavy (non-hydrogen) atoms. The monoisotopic (exact) mass is 721 g/mol. The molecule has 0 bridgehead atoms. The Hall–Kier alpha value is -7.36. The topological polar surface area (TPSA) is 29.5 Å². The number of hydrogen-bond acceptors (Lipinski definition) is 3. The second-order valence-corrected chi connectivity index (χ2v) is 12.7. The maximum atomic E-state index is 9.47. The standard InChI is InChI=1S/C52H33NO2/c1-3-9-34(10-4-1)36-15-17-38(18-16-36)39-21-29-49-47(32-39)52-44-27-25-42(31-40(44)22-30-50(52)54-49)53(41-23-19-37(20-24-41)35-11-5-2-6-12-35)43-26-28-46-45-13-7-8-14-48(45)55-51(46)33-43/h1-33H/i1D,2D,3D,4D,5D,6D,9D,10D,11D,12D,15D,16D,17D,18D,19D,20D,23D,24D. The fraction of sp³-hybridized carbons (Fsp3) is 0. The smallest absolute Gasteiger partial charge is 0.137 e. The number of furan rings is 2. The molecular weight excluding hydrogens is 671 g/mol. The zero-order chi connectivity index (χ0) is 52.0. The Morgan fingerprint density at radius 2 is 0.891 bits per heavy atom. The lowest BCUT2D eigenvalue weighted by Crippen LogP contribution is -2.09. The summed E-state index contributed by atoms with van der Waals surface area (Å²) in [5.74, 6) is 0. The molecule has 258 valence electrons. The minimum atomic E-state index is -0.694. The molecule has 0 radical (unpaired) electrons. The van der Waals surface area contributed by atoms with Crippen molar-refractivity contribution < 1.29 is 33.5 Å². The Balaban J connectivity index is 1.10. The van der Waals surface area contributed by atoms with E-state index in [0.717, 1.165) is 10.8 Å². The van der Waals surface area contributed by atoms with E-state index < -0.39 is 131 Å². The van der Waals surface area contributed by atoms with Crippen LogP contribution < -0.4 is 4.90 Å². The predicted octanol–water partition coefficient (Wildman–Crippen LogP) is 15.1. The Morgan fingerprint density at radius 3 is 1.62 bits per heavy atom. The molecule has 11 aromatic rings. The Labute approximate surface area is 343 Å². The second-order valence-electron chi connectivity index (χ2n) is 12.7. The van der Waals surface area contributed by atoms with Gasteiger partial charge in [-0.2, -0.15) is 0 Å². The van der Waals surface area contributed by atoms with Gasteiger partial charge in [0.1, 0.15) is 22.3 Å². The van der Waals surface area contributed by atoms with Gasteiger partial charge in [-0.1, -0.05) is 133 Å². The van der Waals surface area contributed by atoms with Crippen LogP contribution in [0.4, 0.5) is 17.1 Å². The highest BCUT2D eigenvalue weighted by molar-refractivity contribution is 6.20. The van der Waals surface area contributed by atoms with Crippen LogP contribution in [0, 0.1) is 0 Å². The minimum Gasteiger partial charge on any atom is -0.456 e. The molecule has 0 saturated heterocycles. The van der Waals surface area contributed by atoms with Crippen LogP contribution in [0.3, 0.4) is 0 Å². The number of rotatable bonds is 6. The zero-order valence-electron chi connectivity index (χ0n) is 46.4. The van der Waals surface area contributed by atoms with Crippen LogP contribution in [0.2, 0.25) is 0 Å². The molecule has 0 amide bonds. The van der Waals surface area contributed by atoms with Crippen LogP contribution in [0.5, 0.6) is 0 Å². The van der Waals surface area contributed by atoms with Gasteiger partial charge in [-0.3, -0.25) is 0 Å². The lowest BCUT2D eigenvalue weighted by atomic mass is 9.98. The zero-order valence-corrected chi connectivity index (χ0v) is 28.4. The van der Waals surface area contributed by atoms with Gasteiger partial charge in [0.2, 0.25) is 0 Å². The largest absolute Gasteiger partial charge is 0.456 e. The summed E-state index contributed by atoms with van der Waals surface area (Å²) in [5.41, 5.74) is 0.842. The van der Waals surface area contributed by atoms with Gasteiger partial charge in [0.25, 0.3) is 0 Å². The SMILES string of the molecule is [2H]c1c([2H])c([2H])c(-c2c([2H])c([2H])c(-c3ccc4oc5ccc6cc(N(c7ccc8c(c7)oc7ccccc78)c7c([2H])c([2H])c(-c8c([2H])c([2H])c([2H])c([2H])c8[2H])c([2H])c7[2H])ccc6c5c4c3)c([2H])c2[2H])c([2H])c1[2H]. The van der Waals surface area contributed by atoms with Gasteiger partial charge >= 0.3 is 0 Å². The molecule has 0 N–H and O–H groups in total. The second kappa shape index (κ2) is 12.6. The fourth-order valence-corrected chi connectivity index (χ4v) is 7.02. The highest BCUT2D eigenvalue weighted by Crippen LogP contribution is 2.42. The molecule has 0 unspecified atom stereocenters. The van der Waals surface area contributed by atoms with Gasteiger partial charge in [0.05, 0.1) is 24.7 Å². The summed E-state index contributed by atoms with van der Waals surface area (Å²) >= 11 is 0. The fourth-order valence-electron chi connectivity index (χ4n) is 7.02. The number of hydrogen-bond donors (Lipinski definition) is 0. The van der Waals surface area contributed by atoms with Crippen molar-refractivity contribution in [3.63, 3.8) is 0 Å². The van der Waals surface area contributed by atoms with E-state index in [2.05, 4.69) is 0 Å². The first-order chi connectivity index (χ1) is 34.7. The van der Waals surface area contributed by atoms with Crippen molar-refractivity contribution in [2.75, 3.05) is 4.90 Å². The van der Waals surface area contributed by atoms with Gasteiger partial charge in [-0.25, -0.2) is 0 Å². The number of nitrogens with zero attached hydrogens (tertiary/aromatic N) is 1. The molecule has 0 saturated carbocycles. The van der Waals surface area contributed by atoms with E-state index in [4.69, 9.17) is 28.0 Å². The first-order valence-electron chi connectivity index (χ1n) is 26.2. The van der Waals surface area contributed by atoms with Crippen LogP contribution in [0.1, 0.15) is 24.7 Å². The van der Waals surface area contributed by atoms with Gasteiger partial charge < -0.3 is 13.7 Å². The number of benzene rings is 9. The Kier molecular flexibility index (Phi) is 4.17. The van der Waals surface area contributed by atoms with Crippen molar-refractivity contribution >= 4 is 71.7 Å². The van der Waals surface area contributed by atoms with Gasteiger partial charge in [-0.05, 0) is 105 Å². The first-order valence-corrected chi connectivity index (χ1v) is 17.2. The molecule has 9 aromatic carbocycles. The molecule has 3 nitrogen and oxygen atoms in total. The van der Waals surface area contributed by atoms with Crippen molar-refractivity contribution in [3.05, 3.63) is 200 Å². The van der Waals surface area contributed by atoms with E-state index in [1.807, 2.05) is 30.3 Å². The first kappa shape index (κ1) is 18.1. The van der Waals surface area contributed by atoms with Crippen LogP contribution in [0.25, 0.3) is 88.0 Å². The molecule has 0 aliphatic rings. The van der Waals surface area contributed by atoms with E-state index in [1.54, 1.807) is 60.7 Å². The van der Waals surface area contributed by atoms with Crippen molar-refractivity contribution in [2.24, 2.45) is 0 Å². The number of anilines is 3. The summed E-state index contributed by atoms with van der Waals surface area (Å²) in [5, 5.41) is 4.03. The van der Waals surface area contributed by atoms with Crippen molar-refractivity contribution in [1.29, 1.82) is 0 Å². The van der Waals surface area contributed by atoms with Crippen molar-refractivity contribution in [2.45, 2.75) is 0 Å². The van der Waals surface area contributed by atoms with E-state index in [0.29, 0.717) is 55.3 Å². The summed E-state index contributed by atoms with van der Waals surface area (Å²) in [6.45, 7) is 0. The number of fused-ring (bicyclic) bond motifs is 8. The summed E-state index contributed by atoms with van der Waals surface area (Å²) in [7, 11) is 0. The Morgan fingerprint density at radius 1 is 0.345 bits per heavy atom. The van der Waals surface area contributed by atoms with E-state index in [1.165, 1.54) is 4.90 Å². The van der Waals surface area contributed by atoms with E-state index in [9.17, 15) is 5.48 Å². The third-order valence-electron chi connectivity index (χ3n) is 9.56. The quantitative estimate of drug-likeness (QED) is 0.171. The third-order valence-corrected chi connectivity index (χ3v) is 9.56. The molecule has 2 aromatic heterocycles. The van der Waals surface area contributed by atoms with Crippen LogP contribution in [-0.4, -0.2) is 0 Å². The highest BCUT2D eigenvalue weighted by Gasteiger charge is 2.18. The maximum Gasteiger partial charge on any atom is 0.137 e. The lowest BCUT2D eigenvalue weighted by Gasteiger charge is -2.26. The molecule has 3 heteroatoms. The molecule has 2 heterocycles. The lowest BCUT2D eigenvalue weighted by molar-refractivity contribution is 0.668. The summed E-state index contributed by atoms with van der Waals surface area (Å²) in [6.07, 6.45) is 0. The minimum absolute atomic E-state index is 0.0977. The predicted molar refractivity (Wildman–Crippen MR) is 229 cm³/mol. The van der Waals surface area contributed by atoms with Crippen LogP contribution in [-0.2, 0) is 0 Å². The van der Waals surface area contributed by atoms with Crippen molar-refractivity contribution in [1.82, 2.24) is 0 Å². The summed E-state index contributed by atoms with van der Waals surface area (Å²) < 4.78 is 169. The summed E-state index contributed by atoms with van der Waals surface area (Å²) in [6, 6.07) is 15.0. The van der Waals surface area contributed by atoms with Crippen LogP contribution in [0.15, 0.2) is 209 Å². The molecule has 0 atom stereocenters. The summed E-state index contributed by atoms with van der Waals surface area (Å²) in [4.78, 5) is 1.53. The van der Waals surface area contributed by atoms with Gasteiger partial charge in [0, 0.05) is 44.7 Å². The average Bonchev–Trinajstić information content (AvgIpc) is 3.96. The van der Waals surface area contributed by atoms with E-state index in [-0.39, 0.29) is 16.8 Å². The normalized spacial score (nSPS) is 16.2. The Bertz CT molecular complexity index is 4160. The average molecular weight is 722 g/mol. The molecule has 0 fully saturated rings. The van der Waals surface area contributed by atoms with Crippen LogP contribution >= 0.6 is 0 Å². The molecule has 0 spiro atoms.